The molecule has 0 aromatic heterocycles. The summed E-state index contributed by atoms with van der Waals surface area (Å²) in [6.07, 6.45) is 0.700. The van der Waals surface area contributed by atoms with Crippen LogP contribution >= 0.6 is 23.5 Å². The molecular formula is C28H26N4O11S2. The van der Waals surface area contributed by atoms with Crippen LogP contribution in [0.4, 0.5) is 16.2 Å². The first-order valence-electron chi connectivity index (χ1n) is 13.3. The summed E-state index contributed by atoms with van der Waals surface area (Å²) in [5.41, 5.74) is 1.21. The van der Waals surface area contributed by atoms with E-state index in [9.17, 15) is 39.4 Å². The summed E-state index contributed by atoms with van der Waals surface area (Å²) in [5, 5.41) is 23.7. The van der Waals surface area contributed by atoms with Crippen molar-refractivity contribution >= 4 is 58.8 Å². The van der Waals surface area contributed by atoms with Crippen LogP contribution in [0, 0.1) is 20.2 Å². The fourth-order valence-corrected chi connectivity index (χ4v) is 6.89. The van der Waals surface area contributed by atoms with Crippen molar-refractivity contribution in [3.8, 4) is 0 Å². The molecule has 1 N–H and O–H groups in total. The second kappa shape index (κ2) is 14.7. The summed E-state index contributed by atoms with van der Waals surface area (Å²) in [7, 11) is 0. The molecule has 17 heteroatoms. The highest BCUT2D eigenvalue weighted by molar-refractivity contribution is 8.23. The van der Waals surface area contributed by atoms with Crippen molar-refractivity contribution in [2.24, 2.45) is 0 Å². The first kappa shape index (κ1) is 33.0. The second-order valence-electron chi connectivity index (χ2n) is 9.28. The molecule has 2 atom stereocenters. The van der Waals surface area contributed by atoms with E-state index in [-0.39, 0.29) is 48.6 Å². The van der Waals surface area contributed by atoms with Crippen LogP contribution in [-0.4, -0.2) is 62.5 Å². The van der Waals surface area contributed by atoms with E-state index in [1.807, 2.05) is 0 Å². The zero-order valence-electron chi connectivity index (χ0n) is 23.8. The number of ether oxygens (including phenoxy) is 3. The van der Waals surface area contributed by atoms with Crippen LogP contribution in [0.25, 0.3) is 0 Å². The predicted octanol–water partition coefficient (Wildman–Crippen LogP) is 4.17. The van der Waals surface area contributed by atoms with Crippen molar-refractivity contribution in [2.75, 3.05) is 12.4 Å². The number of hydrogen-bond donors (Lipinski definition) is 1. The van der Waals surface area contributed by atoms with Crippen LogP contribution in [0.5, 0.6) is 0 Å². The van der Waals surface area contributed by atoms with Gasteiger partial charge in [-0.05, 0) is 49.2 Å². The lowest BCUT2D eigenvalue weighted by Gasteiger charge is -2.37. The van der Waals surface area contributed by atoms with E-state index >= 15 is 0 Å². The van der Waals surface area contributed by atoms with Gasteiger partial charge >= 0.3 is 18.0 Å². The van der Waals surface area contributed by atoms with Crippen molar-refractivity contribution in [3.63, 3.8) is 0 Å². The first-order chi connectivity index (χ1) is 21.5. The predicted molar refractivity (Wildman–Crippen MR) is 161 cm³/mol. The minimum Gasteiger partial charge on any atom is -0.464 e. The van der Waals surface area contributed by atoms with Crippen LogP contribution in [-0.2, 0) is 41.8 Å². The molecule has 0 radical (unpaired) electrons. The molecule has 1 unspecified atom stereocenters. The fourth-order valence-electron chi connectivity index (χ4n) is 4.11. The van der Waals surface area contributed by atoms with Crippen molar-refractivity contribution < 1.29 is 43.2 Å². The van der Waals surface area contributed by atoms with Gasteiger partial charge < -0.3 is 19.5 Å². The van der Waals surface area contributed by atoms with Crippen molar-refractivity contribution in [1.82, 2.24) is 10.2 Å². The molecule has 2 heterocycles. The maximum Gasteiger partial charge on any atom is 0.408 e. The highest BCUT2D eigenvalue weighted by Crippen LogP contribution is 2.53. The monoisotopic (exact) mass is 658 g/mol. The molecule has 4 rings (SSSR count). The van der Waals surface area contributed by atoms with Gasteiger partial charge in [0.05, 0.1) is 20.7 Å². The van der Waals surface area contributed by atoms with E-state index in [2.05, 4.69) is 5.32 Å². The lowest BCUT2D eigenvalue weighted by Crippen LogP contribution is -2.51. The highest BCUT2D eigenvalue weighted by Gasteiger charge is 2.52. The number of fused-ring (bicyclic) bond motifs is 1. The number of carbonyl (C=O) groups is 4. The Bertz CT molecular complexity index is 1580. The van der Waals surface area contributed by atoms with E-state index in [0.29, 0.717) is 20.9 Å². The van der Waals surface area contributed by atoms with Crippen LogP contribution in [0.1, 0.15) is 25.0 Å². The summed E-state index contributed by atoms with van der Waals surface area (Å²) < 4.78 is 16.1. The van der Waals surface area contributed by atoms with Gasteiger partial charge in [-0.3, -0.25) is 29.9 Å². The van der Waals surface area contributed by atoms with Crippen molar-refractivity contribution in [2.45, 2.75) is 38.5 Å². The number of amides is 2. The van der Waals surface area contributed by atoms with Gasteiger partial charge in [-0.2, -0.15) is 0 Å². The number of nitro groups is 2. The number of thioether (sulfide) groups is 2. The largest absolute Gasteiger partial charge is 0.464 e. The smallest absolute Gasteiger partial charge is 0.408 e. The van der Waals surface area contributed by atoms with Gasteiger partial charge in [0.15, 0.2) is 5.70 Å². The zero-order valence-corrected chi connectivity index (χ0v) is 25.5. The molecule has 2 amide bonds. The molecule has 0 bridgehead atoms. The average Bonchev–Trinajstić information content (AvgIpc) is 3.36. The summed E-state index contributed by atoms with van der Waals surface area (Å²) in [6.45, 7) is 2.90. The van der Waals surface area contributed by atoms with Gasteiger partial charge in [0.25, 0.3) is 17.3 Å². The molecule has 45 heavy (non-hydrogen) atoms. The third kappa shape index (κ3) is 7.79. The second-order valence-corrected chi connectivity index (χ2v) is 11.7. The Balaban J connectivity index is 1.44. The molecule has 2 aliphatic rings. The quantitative estimate of drug-likeness (QED) is 0.0804. The van der Waals surface area contributed by atoms with Crippen LogP contribution in [0.2, 0.25) is 0 Å². The number of β-lactam (4-membered cyclic amide) rings is 1. The van der Waals surface area contributed by atoms with Crippen LogP contribution < -0.4 is 5.32 Å². The number of carbonyl (C=O) groups excluding carboxylic acids is 4. The number of hydrogen-bond acceptors (Lipinski definition) is 13. The number of esters is 2. The van der Waals surface area contributed by atoms with Crippen molar-refractivity contribution in [1.29, 1.82) is 0 Å². The Morgan fingerprint density at radius 2 is 1.53 bits per heavy atom. The molecular weight excluding hydrogens is 632 g/mol. The molecule has 2 aromatic carbocycles. The maximum atomic E-state index is 13.2. The number of benzene rings is 2. The lowest BCUT2D eigenvalue weighted by atomic mass is 10.1. The fraction of sp³-hybridized carbons (Fsp3) is 0.286. The minimum absolute atomic E-state index is 0.0177. The number of alkyl carbamates (subject to hydrolysis) is 1. The topological polar surface area (TPSA) is 198 Å². The molecule has 0 aliphatic carbocycles. The first-order valence-corrected chi connectivity index (χ1v) is 15.2. The summed E-state index contributed by atoms with van der Waals surface area (Å²) in [4.78, 5) is 73.2. The minimum atomic E-state index is -1.20. The molecule has 2 aromatic rings. The number of rotatable bonds is 13. The molecule has 1 saturated heterocycles. The normalized spacial score (nSPS) is 16.8. The maximum absolute atomic E-state index is 13.2. The van der Waals surface area contributed by atoms with E-state index in [4.69, 9.17) is 14.2 Å². The van der Waals surface area contributed by atoms with Gasteiger partial charge in [0.1, 0.15) is 24.6 Å². The van der Waals surface area contributed by atoms with E-state index < -0.39 is 39.3 Å². The van der Waals surface area contributed by atoms with Gasteiger partial charge in [-0.1, -0.05) is 17.8 Å². The molecule has 0 spiro atoms. The van der Waals surface area contributed by atoms with Gasteiger partial charge in [0.2, 0.25) is 0 Å². The lowest BCUT2D eigenvalue weighted by molar-refractivity contribution is -0.385. The Morgan fingerprint density at radius 1 is 0.978 bits per heavy atom. The third-order valence-corrected chi connectivity index (χ3v) is 9.10. The van der Waals surface area contributed by atoms with Crippen LogP contribution in [0.3, 0.4) is 0 Å². The number of allylic oxidation sites excluding steroid dienone is 1. The number of nitrogens with one attached hydrogen (secondary N) is 1. The average molecular weight is 659 g/mol. The number of non-ortho nitro benzene ring substituents is 2. The number of nitro benzene ring substituents is 2. The summed E-state index contributed by atoms with van der Waals surface area (Å²) in [5.74, 6) is -2.02. The van der Waals surface area contributed by atoms with Gasteiger partial charge in [0, 0.05) is 35.6 Å². The standard InChI is InChI=1S/C28H26N4O11S2/c1-3-20-23(33)30-22(26(35)42-13-16-5-9-18(10-6-16)31(37)38)27(45-24(20)30)44-15-21(25(34)41-4-2)29-28(36)43-14-17-7-11-19(12-8-17)32(39)40/h3,5-12,21,24H,4,13-15H2,1-2H3,(H,29,36)/t21-,24?/m0/s1. The number of nitrogens with zero attached hydrogens (tertiary/aromatic N) is 3. The van der Waals surface area contributed by atoms with Crippen molar-refractivity contribution in [3.05, 3.63) is 101 Å². The van der Waals surface area contributed by atoms with E-state index in [0.717, 1.165) is 11.8 Å². The summed E-state index contributed by atoms with van der Waals surface area (Å²) >= 11 is 2.26. The highest BCUT2D eigenvalue weighted by atomic mass is 32.2. The zero-order chi connectivity index (χ0) is 32.7. The summed E-state index contributed by atoms with van der Waals surface area (Å²) in [6, 6.07) is 9.65. The Labute approximate surface area is 264 Å². The molecule has 236 valence electrons. The molecule has 15 nitrogen and oxygen atoms in total. The Morgan fingerprint density at radius 3 is 2.04 bits per heavy atom. The SMILES string of the molecule is CC=C1C(=O)N2C(C(=O)OCc3ccc([N+](=O)[O-])cc3)=C(SC[C@H](NC(=O)OCc3ccc([N+](=O)[O-])cc3)C(=O)OCC)SC12. The third-order valence-electron chi connectivity index (χ3n) is 6.40. The van der Waals surface area contributed by atoms with Gasteiger partial charge in [-0.25, -0.2) is 14.4 Å². The molecule has 1 fully saturated rings. The molecule has 0 saturated carbocycles. The Hall–Kier alpha value is -4.90. The molecule has 2 aliphatic heterocycles. The van der Waals surface area contributed by atoms with Gasteiger partial charge in [-0.15, -0.1) is 11.8 Å². The van der Waals surface area contributed by atoms with Crippen LogP contribution in [0.15, 0.2) is 70.1 Å². The Kier molecular flexibility index (Phi) is 10.8. The van der Waals surface area contributed by atoms with E-state index in [1.54, 1.807) is 19.9 Å². The van der Waals surface area contributed by atoms with E-state index in [1.165, 1.54) is 65.2 Å².